The summed E-state index contributed by atoms with van der Waals surface area (Å²) in [7, 11) is 0. The molecule has 0 fully saturated rings. The summed E-state index contributed by atoms with van der Waals surface area (Å²) in [5.41, 5.74) is 16.7. The zero-order valence-corrected chi connectivity index (χ0v) is 28.1. The SMILES string of the molecule is CC1(C)c2ccccc2-c2c1c1c(c3c4ccccc4n(-c4nc(-c5ccccc5)cc(-c5ccccc5)n4)c23)C(C)(C)c2ccccc2-1. The lowest BCUT2D eigenvalue weighted by atomic mass is 9.75. The van der Waals surface area contributed by atoms with E-state index < -0.39 is 0 Å². The van der Waals surface area contributed by atoms with Gasteiger partial charge in [-0.2, -0.15) is 0 Å². The lowest BCUT2D eigenvalue weighted by molar-refractivity contribution is 0.651. The second-order valence-electron chi connectivity index (χ2n) is 14.6. The Morgan fingerprint density at radius 1 is 0.490 bits per heavy atom. The highest BCUT2D eigenvalue weighted by Gasteiger charge is 2.47. The lowest BCUT2D eigenvalue weighted by Gasteiger charge is -2.27. The molecule has 49 heavy (non-hydrogen) atoms. The normalized spacial score (nSPS) is 14.9. The number of para-hydroxylation sites is 1. The smallest absolute Gasteiger partial charge is 0.235 e. The fraction of sp³-hybridized carbons (Fsp3) is 0.130. The minimum absolute atomic E-state index is 0.207. The van der Waals surface area contributed by atoms with Crippen LogP contribution in [0.3, 0.4) is 0 Å². The molecule has 10 rings (SSSR count). The average molecular weight is 630 g/mol. The van der Waals surface area contributed by atoms with Crippen LogP contribution in [0.4, 0.5) is 0 Å². The van der Waals surface area contributed by atoms with Crippen LogP contribution in [0.5, 0.6) is 0 Å². The predicted molar refractivity (Wildman–Crippen MR) is 202 cm³/mol. The molecule has 0 radical (unpaired) electrons. The molecule has 2 aromatic heterocycles. The van der Waals surface area contributed by atoms with Crippen molar-refractivity contribution in [3.05, 3.63) is 162 Å². The van der Waals surface area contributed by atoms with Crippen molar-refractivity contribution >= 4 is 21.8 Å². The first kappa shape index (κ1) is 28.2. The Balaban J connectivity index is 1.44. The van der Waals surface area contributed by atoms with Crippen LogP contribution in [0.2, 0.25) is 0 Å². The highest BCUT2D eigenvalue weighted by atomic mass is 15.2. The van der Waals surface area contributed by atoms with Crippen molar-refractivity contribution < 1.29 is 0 Å². The summed E-state index contributed by atoms with van der Waals surface area (Å²) in [6, 6.07) is 50.0. The summed E-state index contributed by atoms with van der Waals surface area (Å²) in [6.45, 7) is 9.63. The zero-order chi connectivity index (χ0) is 33.1. The molecule has 2 heterocycles. The first-order valence-electron chi connectivity index (χ1n) is 17.2. The number of hydrogen-bond donors (Lipinski definition) is 0. The molecule has 3 heteroatoms. The Kier molecular flexibility index (Phi) is 5.69. The number of fused-ring (bicyclic) bond motifs is 12. The average Bonchev–Trinajstić information content (AvgIpc) is 3.69. The maximum Gasteiger partial charge on any atom is 0.235 e. The van der Waals surface area contributed by atoms with Gasteiger partial charge in [0.1, 0.15) is 0 Å². The van der Waals surface area contributed by atoms with Gasteiger partial charge < -0.3 is 0 Å². The number of hydrogen-bond acceptors (Lipinski definition) is 2. The van der Waals surface area contributed by atoms with Crippen LogP contribution in [0.1, 0.15) is 49.9 Å². The van der Waals surface area contributed by atoms with E-state index in [2.05, 4.69) is 172 Å². The molecule has 3 nitrogen and oxygen atoms in total. The molecule has 0 aliphatic heterocycles. The molecule has 0 amide bonds. The number of nitrogens with zero attached hydrogens (tertiary/aromatic N) is 3. The largest absolute Gasteiger partial charge is 0.277 e. The molecule has 0 bridgehead atoms. The van der Waals surface area contributed by atoms with Crippen LogP contribution >= 0.6 is 0 Å². The molecule has 6 aromatic carbocycles. The molecule has 0 saturated heterocycles. The van der Waals surface area contributed by atoms with Crippen molar-refractivity contribution in [2.45, 2.75) is 38.5 Å². The molecular formula is C46H35N3. The van der Waals surface area contributed by atoms with Crippen molar-refractivity contribution in [2.24, 2.45) is 0 Å². The molecule has 2 aliphatic rings. The molecule has 0 saturated carbocycles. The Morgan fingerprint density at radius 3 is 1.59 bits per heavy atom. The molecule has 0 spiro atoms. The Labute approximate surface area is 286 Å². The number of aromatic nitrogens is 3. The molecule has 2 aliphatic carbocycles. The highest BCUT2D eigenvalue weighted by molar-refractivity contribution is 6.21. The van der Waals surface area contributed by atoms with E-state index in [1.807, 2.05) is 0 Å². The monoisotopic (exact) mass is 629 g/mol. The third-order valence-electron chi connectivity index (χ3n) is 11.2. The van der Waals surface area contributed by atoms with E-state index in [0.717, 1.165) is 28.0 Å². The van der Waals surface area contributed by atoms with Gasteiger partial charge in [0.05, 0.1) is 22.4 Å². The summed E-state index contributed by atoms with van der Waals surface area (Å²) in [5, 5.41) is 2.53. The maximum atomic E-state index is 5.41. The second-order valence-corrected chi connectivity index (χ2v) is 14.6. The lowest BCUT2D eigenvalue weighted by Crippen LogP contribution is -2.19. The Bertz CT molecular complexity index is 2580. The quantitative estimate of drug-likeness (QED) is 0.195. The minimum Gasteiger partial charge on any atom is -0.277 e. The van der Waals surface area contributed by atoms with E-state index in [1.165, 1.54) is 60.8 Å². The summed E-state index contributed by atoms with van der Waals surface area (Å²) < 4.78 is 2.37. The zero-order valence-electron chi connectivity index (χ0n) is 28.1. The van der Waals surface area contributed by atoms with E-state index >= 15 is 0 Å². The summed E-state index contributed by atoms with van der Waals surface area (Å²) in [5.74, 6) is 0.684. The molecular weight excluding hydrogens is 595 g/mol. The van der Waals surface area contributed by atoms with Crippen LogP contribution < -0.4 is 0 Å². The van der Waals surface area contributed by atoms with E-state index in [0.29, 0.717) is 5.95 Å². The van der Waals surface area contributed by atoms with Crippen molar-refractivity contribution in [3.8, 4) is 50.7 Å². The van der Waals surface area contributed by atoms with Crippen molar-refractivity contribution in [3.63, 3.8) is 0 Å². The van der Waals surface area contributed by atoms with E-state index in [-0.39, 0.29) is 10.8 Å². The predicted octanol–water partition coefficient (Wildman–Crippen LogP) is 11.5. The third kappa shape index (κ3) is 3.73. The highest BCUT2D eigenvalue weighted by Crippen LogP contribution is 2.63. The van der Waals surface area contributed by atoms with Crippen molar-refractivity contribution in [2.75, 3.05) is 0 Å². The van der Waals surface area contributed by atoms with E-state index in [9.17, 15) is 0 Å². The molecule has 8 aromatic rings. The maximum absolute atomic E-state index is 5.41. The van der Waals surface area contributed by atoms with Gasteiger partial charge in [0.15, 0.2) is 0 Å². The minimum atomic E-state index is -0.207. The Morgan fingerprint density at radius 2 is 0.980 bits per heavy atom. The third-order valence-corrected chi connectivity index (χ3v) is 11.2. The number of benzene rings is 6. The van der Waals surface area contributed by atoms with Gasteiger partial charge in [0, 0.05) is 38.3 Å². The van der Waals surface area contributed by atoms with Gasteiger partial charge in [-0.25, -0.2) is 9.97 Å². The Hall–Kier alpha value is -5.80. The first-order chi connectivity index (χ1) is 23.9. The van der Waals surface area contributed by atoms with Crippen LogP contribution in [0.15, 0.2) is 140 Å². The molecule has 234 valence electrons. The van der Waals surface area contributed by atoms with E-state index in [4.69, 9.17) is 9.97 Å². The topological polar surface area (TPSA) is 30.7 Å². The summed E-state index contributed by atoms with van der Waals surface area (Å²) >= 11 is 0. The summed E-state index contributed by atoms with van der Waals surface area (Å²) in [4.78, 5) is 10.8. The van der Waals surface area contributed by atoms with E-state index in [1.54, 1.807) is 0 Å². The van der Waals surface area contributed by atoms with Crippen molar-refractivity contribution in [1.82, 2.24) is 14.5 Å². The van der Waals surface area contributed by atoms with Gasteiger partial charge in [0.25, 0.3) is 0 Å². The molecule has 0 atom stereocenters. The van der Waals surface area contributed by atoms with Crippen molar-refractivity contribution in [1.29, 1.82) is 0 Å². The first-order valence-corrected chi connectivity index (χ1v) is 17.2. The van der Waals surface area contributed by atoms with Gasteiger partial charge in [-0.3, -0.25) is 4.57 Å². The van der Waals surface area contributed by atoms with Crippen LogP contribution in [0.25, 0.3) is 72.5 Å². The van der Waals surface area contributed by atoms with Gasteiger partial charge in [-0.05, 0) is 51.1 Å². The summed E-state index contributed by atoms with van der Waals surface area (Å²) in [6.07, 6.45) is 0. The number of rotatable bonds is 3. The molecule has 0 unspecified atom stereocenters. The molecule has 0 N–H and O–H groups in total. The van der Waals surface area contributed by atoms with Crippen LogP contribution in [-0.4, -0.2) is 14.5 Å². The van der Waals surface area contributed by atoms with Crippen LogP contribution in [0, 0.1) is 0 Å². The fourth-order valence-electron chi connectivity index (χ4n) is 9.02. The fourth-order valence-corrected chi connectivity index (χ4v) is 9.02. The van der Waals surface area contributed by atoms with Crippen LogP contribution in [-0.2, 0) is 10.8 Å². The standard InChI is InChI=1S/C46H35N3/c1-45(2)33-24-14-11-21-30(33)38-41-39(31-22-12-15-25-34(31)46(41,3)4)43-40(42(38)45)32-23-13-16-26-37(32)49(43)44-47-35(28-17-7-5-8-18-28)27-36(48-44)29-19-9-6-10-20-29/h5-27H,1-4H3. The van der Waals surface area contributed by atoms with Gasteiger partial charge in [0.2, 0.25) is 5.95 Å². The van der Waals surface area contributed by atoms with Gasteiger partial charge in [-0.1, -0.05) is 155 Å². The second kappa shape index (κ2) is 9.87. The van der Waals surface area contributed by atoms with Gasteiger partial charge in [-0.15, -0.1) is 0 Å². The van der Waals surface area contributed by atoms with Gasteiger partial charge >= 0.3 is 0 Å².